The second kappa shape index (κ2) is 6.28. The van der Waals surface area contributed by atoms with Crippen molar-refractivity contribution in [2.75, 3.05) is 19.0 Å². The topological polar surface area (TPSA) is 50.7 Å². The van der Waals surface area contributed by atoms with E-state index in [1.807, 2.05) is 31.2 Å². The first-order valence-electron chi connectivity index (χ1n) is 7.50. The van der Waals surface area contributed by atoms with E-state index in [0.717, 1.165) is 33.9 Å². The molecule has 1 atom stereocenters. The van der Waals surface area contributed by atoms with Crippen LogP contribution in [-0.2, 0) is 6.54 Å². The third-order valence-electron chi connectivity index (χ3n) is 4.00. The Balaban J connectivity index is 1.78. The van der Waals surface area contributed by atoms with Crippen molar-refractivity contribution in [2.24, 2.45) is 0 Å². The molecular weight excluding hydrogens is 278 g/mol. The summed E-state index contributed by atoms with van der Waals surface area (Å²) in [5, 5.41) is 13.4. The molecule has 1 unspecified atom stereocenters. The molecule has 0 saturated heterocycles. The molecule has 4 nitrogen and oxygen atoms in total. The van der Waals surface area contributed by atoms with Crippen molar-refractivity contribution in [2.45, 2.75) is 26.0 Å². The maximum Gasteiger partial charge on any atom is 0.148 e. The van der Waals surface area contributed by atoms with Gasteiger partial charge in [0.2, 0.25) is 0 Å². The number of aryl methyl sites for hydroxylation is 1. The van der Waals surface area contributed by atoms with E-state index in [9.17, 15) is 5.11 Å². The highest BCUT2D eigenvalue weighted by atomic mass is 16.5. The zero-order valence-electron chi connectivity index (χ0n) is 12.9. The minimum atomic E-state index is -0.440. The molecule has 0 fully saturated rings. The van der Waals surface area contributed by atoms with Crippen LogP contribution >= 0.6 is 0 Å². The molecule has 0 aromatic heterocycles. The Morgan fingerprint density at radius 2 is 2.18 bits per heavy atom. The minimum Gasteiger partial charge on any atom is -0.496 e. The summed E-state index contributed by atoms with van der Waals surface area (Å²) in [5.74, 6) is 1.65. The Morgan fingerprint density at radius 3 is 3.00 bits per heavy atom. The summed E-state index contributed by atoms with van der Waals surface area (Å²) in [7, 11) is 1.68. The summed E-state index contributed by atoms with van der Waals surface area (Å²) in [4.78, 5) is 0. The number of ether oxygens (including phenoxy) is 2. The molecule has 0 bridgehead atoms. The average Bonchev–Trinajstić information content (AvgIpc) is 2.54. The van der Waals surface area contributed by atoms with Gasteiger partial charge in [0.25, 0.3) is 0 Å². The lowest BCUT2D eigenvalue weighted by molar-refractivity contribution is 0.116. The smallest absolute Gasteiger partial charge is 0.148 e. The molecule has 0 spiro atoms. The van der Waals surface area contributed by atoms with Crippen molar-refractivity contribution >= 4 is 5.69 Å². The fraction of sp³-hybridized carbons (Fsp3) is 0.333. The maximum absolute atomic E-state index is 10.0. The second-order valence-corrected chi connectivity index (χ2v) is 5.53. The van der Waals surface area contributed by atoms with Gasteiger partial charge in [-0.1, -0.05) is 24.3 Å². The second-order valence-electron chi connectivity index (χ2n) is 5.53. The molecular formula is C18H21NO3. The fourth-order valence-corrected chi connectivity index (χ4v) is 2.72. The first kappa shape index (κ1) is 14.7. The molecule has 0 saturated carbocycles. The molecule has 2 aromatic carbocycles. The van der Waals surface area contributed by atoms with Crippen LogP contribution in [-0.4, -0.2) is 18.8 Å². The number of methoxy groups -OCH3 is 1. The summed E-state index contributed by atoms with van der Waals surface area (Å²) in [6.07, 6.45) is 0.205. The van der Waals surface area contributed by atoms with E-state index >= 15 is 0 Å². The van der Waals surface area contributed by atoms with Crippen LogP contribution in [0.1, 0.15) is 29.2 Å². The van der Waals surface area contributed by atoms with Gasteiger partial charge in [0, 0.05) is 18.5 Å². The molecule has 0 aliphatic carbocycles. The van der Waals surface area contributed by atoms with Gasteiger partial charge in [0.15, 0.2) is 0 Å². The normalized spacial score (nSPS) is 16.6. The SMILES string of the molecule is COc1cc(CNc2cccc3c2OCCC3O)ccc1C. The predicted octanol–water partition coefficient (Wildman–Crippen LogP) is 3.43. The molecule has 1 heterocycles. The zero-order valence-corrected chi connectivity index (χ0v) is 12.9. The van der Waals surface area contributed by atoms with Gasteiger partial charge in [0.05, 0.1) is 25.5 Å². The molecule has 2 N–H and O–H groups in total. The zero-order chi connectivity index (χ0) is 15.5. The van der Waals surface area contributed by atoms with E-state index in [-0.39, 0.29) is 0 Å². The van der Waals surface area contributed by atoms with Crippen molar-refractivity contribution in [3.05, 3.63) is 53.1 Å². The van der Waals surface area contributed by atoms with Crippen molar-refractivity contribution in [3.8, 4) is 11.5 Å². The molecule has 116 valence electrons. The Morgan fingerprint density at radius 1 is 1.32 bits per heavy atom. The quantitative estimate of drug-likeness (QED) is 0.908. The van der Waals surface area contributed by atoms with Gasteiger partial charge >= 0.3 is 0 Å². The Labute approximate surface area is 130 Å². The predicted molar refractivity (Wildman–Crippen MR) is 86.6 cm³/mol. The standard InChI is InChI=1S/C18H21NO3/c1-12-6-7-13(10-17(12)21-2)11-19-15-5-3-4-14-16(20)8-9-22-18(14)15/h3-7,10,16,19-20H,8-9,11H2,1-2H3. The van der Waals surface area contributed by atoms with Gasteiger partial charge in [-0.3, -0.25) is 0 Å². The Hall–Kier alpha value is -2.20. The summed E-state index contributed by atoms with van der Waals surface area (Å²) in [5.41, 5.74) is 4.03. The van der Waals surface area contributed by atoms with E-state index in [4.69, 9.17) is 9.47 Å². The summed E-state index contributed by atoms with van der Waals surface area (Å²) in [6.45, 7) is 3.25. The van der Waals surface area contributed by atoms with Gasteiger partial charge in [-0.05, 0) is 30.2 Å². The number of anilines is 1. The lowest BCUT2D eigenvalue weighted by Crippen LogP contribution is -2.15. The highest BCUT2D eigenvalue weighted by Crippen LogP contribution is 2.38. The van der Waals surface area contributed by atoms with Crippen LogP contribution in [0.2, 0.25) is 0 Å². The number of nitrogens with one attached hydrogen (secondary N) is 1. The fourth-order valence-electron chi connectivity index (χ4n) is 2.72. The maximum atomic E-state index is 10.0. The summed E-state index contributed by atoms with van der Waals surface area (Å²) >= 11 is 0. The van der Waals surface area contributed by atoms with Gasteiger partial charge in [-0.15, -0.1) is 0 Å². The number of aliphatic hydroxyl groups is 1. The number of hydrogen-bond acceptors (Lipinski definition) is 4. The molecule has 2 aromatic rings. The summed E-state index contributed by atoms with van der Waals surface area (Å²) in [6, 6.07) is 12.0. The van der Waals surface area contributed by atoms with Crippen LogP contribution in [0.3, 0.4) is 0 Å². The number of fused-ring (bicyclic) bond motifs is 1. The van der Waals surface area contributed by atoms with Crippen LogP contribution in [0.25, 0.3) is 0 Å². The molecule has 22 heavy (non-hydrogen) atoms. The van der Waals surface area contributed by atoms with Crippen molar-refractivity contribution in [1.82, 2.24) is 0 Å². The lowest BCUT2D eigenvalue weighted by Gasteiger charge is -2.24. The van der Waals surface area contributed by atoms with E-state index < -0.39 is 6.10 Å². The third-order valence-corrected chi connectivity index (χ3v) is 4.00. The first-order chi connectivity index (χ1) is 10.7. The lowest BCUT2D eigenvalue weighted by atomic mass is 10.0. The van der Waals surface area contributed by atoms with Crippen molar-refractivity contribution in [1.29, 1.82) is 0 Å². The number of rotatable bonds is 4. The van der Waals surface area contributed by atoms with Gasteiger partial charge in [-0.2, -0.15) is 0 Å². The molecule has 3 rings (SSSR count). The number of aliphatic hydroxyl groups excluding tert-OH is 1. The Bertz CT molecular complexity index is 669. The average molecular weight is 299 g/mol. The highest BCUT2D eigenvalue weighted by Gasteiger charge is 2.21. The molecule has 0 amide bonds. The van der Waals surface area contributed by atoms with Crippen LogP contribution in [0.5, 0.6) is 11.5 Å². The van der Waals surface area contributed by atoms with Gasteiger partial charge in [0.1, 0.15) is 11.5 Å². The number of para-hydroxylation sites is 1. The summed E-state index contributed by atoms with van der Waals surface area (Å²) < 4.78 is 11.1. The van der Waals surface area contributed by atoms with E-state index in [1.165, 1.54) is 0 Å². The third kappa shape index (κ3) is 2.88. The van der Waals surface area contributed by atoms with Crippen LogP contribution in [0, 0.1) is 6.92 Å². The van der Waals surface area contributed by atoms with Gasteiger partial charge < -0.3 is 19.9 Å². The van der Waals surface area contributed by atoms with Gasteiger partial charge in [-0.25, -0.2) is 0 Å². The Kier molecular flexibility index (Phi) is 4.20. The van der Waals surface area contributed by atoms with Crippen LogP contribution in [0.15, 0.2) is 36.4 Å². The van der Waals surface area contributed by atoms with E-state index in [0.29, 0.717) is 19.6 Å². The molecule has 0 radical (unpaired) electrons. The van der Waals surface area contributed by atoms with Crippen LogP contribution in [0.4, 0.5) is 5.69 Å². The van der Waals surface area contributed by atoms with Crippen molar-refractivity contribution < 1.29 is 14.6 Å². The molecule has 1 aliphatic rings. The monoisotopic (exact) mass is 299 g/mol. The van der Waals surface area contributed by atoms with E-state index in [2.05, 4.69) is 17.4 Å². The first-order valence-corrected chi connectivity index (χ1v) is 7.50. The number of hydrogen-bond donors (Lipinski definition) is 2. The largest absolute Gasteiger partial charge is 0.496 e. The number of benzene rings is 2. The minimum absolute atomic E-state index is 0.440. The molecule has 1 aliphatic heterocycles. The molecule has 4 heteroatoms. The highest BCUT2D eigenvalue weighted by molar-refractivity contribution is 5.61. The van der Waals surface area contributed by atoms with E-state index in [1.54, 1.807) is 7.11 Å². The van der Waals surface area contributed by atoms with Crippen LogP contribution < -0.4 is 14.8 Å². The van der Waals surface area contributed by atoms with Crippen molar-refractivity contribution in [3.63, 3.8) is 0 Å².